The Hall–Kier alpha value is -1.63. The van der Waals surface area contributed by atoms with E-state index in [4.69, 9.17) is 20.9 Å². The van der Waals surface area contributed by atoms with Crippen LogP contribution < -0.4 is 11.5 Å². The van der Waals surface area contributed by atoms with Gasteiger partial charge in [0.15, 0.2) is 5.13 Å². The monoisotopic (exact) mass is 363 g/mol. The third-order valence-electron chi connectivity index (χ3n) is 4.05. The van der Waals surface area contributed by atoms with E-state index in [-0.39, 0.29) is 0 Å². The molecule has 0 amide bonds. The number of aryl methyl sites for hydroxylation is 1. The predicted octanol–water partition coefficient (Wildman–Crippen LogP) is 3.90. The summed E-state index contributed by atoms with van der Waals surface area (Å²) in [7, 11) is 0. The minimum Gasteiger partial charge on any atom is -0.399 e. The van der Waals surface area contributed by atoms with Crippen molar-refractivity contribution in [2.45, 2.75) is 33.6 Å². The molecule has 1 aromatic carbocycles. The average Bonchev–Trinajstić information content (AvgIpc) is 3.17. The second kappa shape index (κ2) is 9.75. The lowest BCUT2D eigenvalue weighted by Gasteiger charge is -2.10. The van der Waals surface area contributed by atoms with Crippen LogP contribution in [0.4, 0.5) is 10.8 Å². The van der Waals surface area contributed by atoms with E-state index in [1.165, 1.54) is 16.9 Å². The second-order valence-electron chi connectivity index (χ2n) is 6.15. The molecule has 25 heavy (non-hydrogen) atoms. The molecule has 1 atom stereocenters. The fourth-order valence-corrected chi connectivity index (χ4v) is 3.75. The first kappa shape index (κ1) is 19.7. The summed E-state index contributed by atoms with van der Waals surface area (Å²) in [6, 6.07) is 6.25. The van der Waals surface area contributed by atoms with Crippen molar-refractivity contribution in [1.29, 1.82) is 0 Å². The predicted molar refractivity (Wildman–Crippen MR) is 106 cm³/mol. The Balaban J connectivity index is 0.000000399. The summed E-state index contributed by atoms with van der Waals surface area (Å²) in [6.07, 6.45) is 2.15. The Morgan fingerprint density at radius 1 is 1.24 bits per heavy atom. The van der Waals surface area contributed by atoms with Gasteiger partial charge < -0.3 is 20.9 Å². The molecule has 0 radical (unpaired) electrons. The molecular weight excluding hydrogens is 334 g/mol. The SMILES string of the molecule is CCOCC.Cc1nc(N)sc1-c1cc(N)cc(C[C@@H]2CCOC2)c1. The zero-order chi connectivity index (χ0) is 18.2. The fourth-order valence-electron chi connectivity index (χ4n) is 2.93. The number of anilines is 2. The number of hydrogen-bond donors (Lipinski definition) is 2. The summed E-state index contributed by atoms with van der Waals surface area (Å²) in [6.45, 7) is 9.39. The lowest BCUT2D eigenvalue weighted by molar-refractivity contribution is 0.162. The highest BCUT2D eigenvalue weighted by Gasteiger charge is 2.17. The first-order chi connectivity index (χ1) is 12.0. The fraction of sp³-hybridized carbons (Fsp3) is 0.526. The van der Waals surface area contributed by atoms with Gasteiger partial charge in [0.2, 0.25) is 0 Å². The third-order valence-corrected chi connectivity index (χ3v) is 5.08. The third kappa shape index (κ3) is 5.99. The number of hydrogen-bond acceptors (Lipinski definition) is 6. The number of ether oxygens (including phenoxy) is 2. The van der Waals surface area contributed by atoms with E-state index in [2.05, 4.69) is 17.1 Å². The first-order valence-electron chi connectivity index (χ1n) is 8.81. The van der Waals surface area contributed by atoms with Gasteiger partial charge in [-0.3, -0.25) is 0 Å². The first-order valence-corrected chi connectivity index (χ1v) is 9.63. The zero-order valence-corrected chi connectivity index (χ0v) is 16.2. The average molecular weight is 364 g/mol. The van der Waals surface area contributed by atoms with Crippen molar-refractivity contribution in [3.8, 4) is 10.4 Å². The van der Waals surface area contributed by atoms with Gasteiger partial charge in [0.1, 0.15) is 0 Å². The normalized spacial score (nSPS) is 16.5. The van der Waals surface area contributed by atoms with Gasteiger partial charge in [-0.25, -0.2) is 4.98 Å². The lowest BCUT2D eigenvalue weighted by Crippen LogP contribution is -2.04. The van der Waals surface area contributed by atoms with Crippen LogP contribution in [0, 0.1) is 12.8 Å². The summed E-state index contributed by atoms with van der Waals surface area (Å²) in [5, 5.41) is 0.602. The quantitative estimate of drug-likeness (QED) is 0.787. The van der Waals surface area contributed by atoms with Gasteiger partial charge >= 0.3 is 0 Å². The van der Waals surface area contributed by atoms with Crippen molar-refractivity contribution in [3.05, 3.63) is 29.5 Å². The highest BCUT2D eigenvalue weighted by molar-refractivity contribution is 7.18. The Morgan fingerprint density at radius 2 is 2.00 bits per heavy atom. The highest BCUT2D eigenvalue weighted by atomic mass is 32.1. The van der Waals surface area contributed by atoms with Crippen LogP contribution in [-0.4, -0.2) is 31.4 Å². The second-order valence-corrected chi connectivity index (χ2v) is 7.18. The molecule has 5 nitrogen and oxygen atoms in total. The molecule has 1 aromatic heterocycles. The summed E-state index contributed by atoms with van der Waals surface area (Å²) in [5.41, 5.74) is 16.0. The van der Waals surface area contributed by atoms with Crippen molar-refractivity contribution in [1.82, 2.24) is 4.98 Å². The summed E-state index contributed by atoms with van der Waals surface area (Å²) in [5.74, 6) is 0.609. The maximum absolute atomic E-state index is 6.05. The molecule has 1 saturated heterocycles. The number of aromatic nitrogens is 1. The summed E-state index contributed by atoms with van der Waals surface area (Å²) >= 11 is 1.51. The van der Waals surface area contributed by atoms with Crippen LogP contribution >= 0.6 is 11.3 Å². The van der Waals surface area contributed by atoms with Crippen LogP contribution in [0.25, 0.3) is 10.4 Å². The van der Waals surface area contributed by atoms with Gasteiger partial charge in [-0.05, 0) is 62.8 Å². The molecular formula is C19H29N3O2S. The standard InChI is InChI=1S/C15H19N3OS.C4H10O/c1-9-14(20-15(17)18-9)12-5-11(6-13(16)7-12)4-10-2-3-19-8-10;1-3-5-4-2/h5-7,10H,2-4,8,16H2,1H3,(H2,17,18);3-4H2,1-2H3/t10-;/m0./s1. The van der Waals surface area contributed by atoms with Crippen molar-refractivity contribution in [2.75, 3.05) is 37.9 Å². The summed E-state index contributed by atoms with van der Waals surface area (Å²) in [4.78, 5) is 5.40. The summed E-state index contributed by atoms with van der Waals surface area (Å²) < 4.78 is 10.3. The lowest BCUT2D eigenvalue weighted by atomic mass is 9.96. The van der Waals surface area contributed by atoms with Crippen LogP contribution in [0.3, 0.4) is 0 Å². The zero-order valence-electron chi connectivity index (χ0n) is 15.4. The van der Waals surface area contributed by atoms with Crippen LogP contribution in [-0.2, 0) is 15.9 Å². The molecule has 1 aliphatic rings. The minimum absolute atomic E-state index is 0.602. The van der Waals surface area contributed by atoms with E-state index in [1.807, 2.05) is 26.8 Å². The Kier molecular flexibility index (Phi) is 7.68. The van der Waals surface area contributed by atoms with Crippen LogP contribution in [0.5, 0.6) is 0 Å². The van der Waals surface area contributed by atoms with Gasteiger partial charge in [0.25, 0.3) is 0 Å². The minimum atomic E-state index is 0.602. The van der Waals surface area contributed by atoms with Crippen molar-refractivity contribution in [3.63, 3.8) is 0 Å². The topological polar surface area (TPSA) is 83.4 Å². The van der Waals surface area contributed by atoms with E-state index in [0.717, 1.165) is 61.1 Å². The Labute approximate surface area is 154 Å². The molecule has 2 heterocycles. The smallest absolute Gasteiger partial charge is 0.180 e. The van der Waals surface area contributed by atoms with Crippen LogP contribution in [0.1, 0.15) is 31.5 Å². The molecule has 0 unspecified atom stereocenters. The van der Waals surface area contributed by atoms with Crippen molar-refractivity contribution < 1.29 is 9.47 Å². The number of nitrogen functional groups attached to an aromatic ring is 2. The molecule has 2 aromatic rings. The van der Waals surface area contributed by atoms with E-state index in [9.17, 15) is 0 Å². The van der Waals surface area contributed by atoms with Gasteiger partial charge in [-0.15, -0.1) is 0 Å². The number of nitrogens with zero attached hydrogens (tertiary/aromatic N) is 1. The van der Waals surface area contributed by atoms with Gasteiger partial charge in [0, 0.05) is 32.1 Å². The van der Waals surface area contributed by atoms with E-state index >= 15 is 0 Å². The highest BCUT2D eigenvalue weighted by Crippen LogP contribution is 2.33. The molecule has 1 aliphatic heterocycles. The van der Waals surface area contributed by atoms with E-state index in [1.54, 1.807) is 0 Å². The van der Waals surface area contributed by atoms with Gasteiger partial charge in [-0.2, -0.15) is 0 Å². The molecule has 1 fully saturated rings. The Morgan fingerprint density at radius 3 is 2.52 bits per heavy atom. The molecule has 6 heteroatoms. The maximum atomic E-state index is 6.05. The molecule has 138 valence electrons. The largest absolute Gasteiger partial charge is 0.399 e. The molecule has 0 bridgehead atoms. The molecule has 0 saturated carbocycles. The molecule has 0 aliphatic carbocycles. The molecule has 0 spiro atoms. The van der Waals surface area contributed by atoms with E-state index < -0.39 is 0 Å². The molecule has 4 N–H and O–H groups in total. The van der Waals surface area contributed by atoms with Gasteiger partial charge in [0.05, 0.1) is 10.6 Å². The molecule has 3 rings (SSSR count). The van der Waals surface area contributed by atoms with Crippen molar-refractivity contribution >= 4 is 22.2 Å². The number of nitrogens with two attached hydrogens (primary N) is 2. The Bertz CT molecular complexity index is 665. The number of benzene rings is 1. The van der Waals surface area contributed by atoms with Crippen LogP contribution in [0.2, 0.25) is 0 Å². The van der Waals surface area contributed by atoms with E-state index in [0.29, 0.717) is 11.0 Å². The maximum Gasteiger partial charge on any atom is 0.180 e. The van der Waals surface area contributed by atoms with Crippen LogP contribution in [0.15, 0.2) is 18.2 Å². The number of thiazole rings is 1. The van der Waals surface area contributed by atoms with Gasteiger partial charge in [-0.1, -0.05) is 17.4 Å². The van der Waals surface area contributed by atoms with Crippen molar-refractivity contribution in [2.24, 2.45) is 5.92 Å². The number of rotatable bonds is 5.